The molecule has 0 aliphatic carbocycles. The molecule has 0 fully saturated rings. The van der Waals surface area contributed by atoms with Crippen molar-refractivity contribution in [2.75, 3.05) is 13.2 Å². The molecule has 0 atom stereocenters. The van der Waals surface area contributed by atoms with E-state index in [1.807, 2.05) is 53.1 Å². The average Bonchev–Trinajstić information content (AvgIpc) is 3.00. The van der Waals surface area contributed by atoms with Crippen molar-refractivity contribution >= 4 is 22.4 Å². The second-order valence-electron chi connectivity index (χ2n) is 5.76. The molecule has 132 valence electrons. The summed E-state index contributed by atoms with van der Waals surface area (Å²) in [4.78, 5) is 12.7. The van der Waals surface area contributed by atoms with E-state index in [4.69, 9.17) is 14.7 Å². The van der Waals surface area contributed by atoms with Gasteiger partial charge in [0.2, 0.25) is 0 Å². The van der Waals surface area contributed by atoms with Gasteiger partial charge in [0.1, 0.15) is 11.8 Å². The fraction of sp³-hybridized carbons (Fsp3) is 0.238. The number of carbonyl (C=O) groups excluding carboxylic acids is 1. The zero-order valence-electron chi connectivity index (χ0n) is 14.6. The largest absolute Gasteiger partial charge is 0.479 e. The Balaban J connectivity index is 1.96. The highest BCUT2D eigenvalue weighted by molar-refractivity contribution is 6.11. The topological polar surface area (TPSA) is 63.7 Å². The zero-order chi connectivity index (χ0) is 18.4. The van der Waals surface area contributed by atoms with Gasteiger partial charge in [-0.25, -0.2) is 4.79 Å². The normalized spacial score (nSPS) is 11.1. The van der Waals surface area contributed by atoms with Gasteiger partial charge in [-0.05, 0) is 37.1 Å². The Bertz CT molecular complexity index is 996. The van der Waals surface area contributed by atoms with E-state index < -0.39 is 0 Å². The summed E-state index contributed by atoms with van der Waals surface area (Å²) < 4.78 is 12.8. The highest BCUT2D eigenvalue weighted by Crippen LogP contribution is 2.30. The van der Waals surface area contributed by atoms with Crippen LogP contribution in [0.2, 0.25) is 0 Å². The van der Waals surface area contributed by atoms with E-state index in [0.717, 1.165) is 22.8 Å². The Morgan fingerprint density at radius 3 is 2.92 bits per heavy atom. The third-order valence-electron chi connectivity index (χ3n) is 4.04. The first-order valence-electron chi connectivity index (χ1n) is 8.61. The molecule has 0 saturated carbocycles. The predicted octanol–water partition coefficient (Wildman–Crippen LogP) is 4.51. The molecule has 1 aromatic carbocycles. The molecule has 0 unspecified atom stereocenters. The SMILES string of the molecule is CC/C=C\CCOC(=O)c1c2ccc(OCC#N)cc2n2ccccc12. The predicted molar refractivity (Wildman–Crippen MR) is 100 cm³/mol. The van der Waals surface area contributed by atoms with Gasteiger partial charge < -0.3 is 13.9 Å². The Morgan fingerprint density at radius 1 is 1.23 bits per heavy atom. The first kappa shape index (κ1) is 17.6. The van der Waals surface area contributed by atoms with Crippen LogP contribution in [0.15, 0.2) is 54.7 Å². The van der Waals surface area contributed by atoms with Crippen molar-refractivity contribution in [1.29, 1.82) is 5.26 Å². The summed E-state index contributed by atoms with van der Waals surface area (Å²) in [5.74, 6) is 0.256. The number of esters is 1. The van der Waals surface area contributed by atoms with Crippen LogP contribution in [0.3, 0.4) is 0 Å². The maximum absolute atomic E-state index is 12.7. The molecule has 0 spiro atoms. The van der Waals surface area contributed by atoms with Crippen LogP contribution in [0.25, 0.3) is 16.4 Å². The molecule has 2 heterocycles. The molecule has 0 radical (unpaired) electrons. The van der Waals surface area contributed by atoms with Gasteiger partial charge in [-0.2, -0.15) is 5.26 Å². The molecule has 0 aliphatic heterocycles. The second kappa shape index (κ2) is 8.21. The van der Waals surface area contributed by atoms with E-state index in [1.165, 1.54) is 0 Å². The fourth-order valence-corrected chi connectivity index (χ4v) is 2.91. The molecule has 26 heavy (non-hydrogen) atoms. The van der Waals surface area contributed by atoms with Crippen LogP contribution in [0.1, 0.15) is 30.1 Å². The van der Waals surface area contributed by atoms with E-state index in [-0.39, 0.29) is 12.6 Å². The molecule has 0 amide bonds. The lowest BCUT2D eigenvalue weighted by atomic mass is 10.1. The maximum atomic E-state index is 12.7. The molecule has 0 bridgehead atoms. The number of fused-ring (bicyclic) bond motifs is 3. The Labute approximate surface area is 152 Å². The minimum atomic E-state index is -0.334. The summed E-state index contributed by atoms with van der Waals surface area (Å²) >= 11 is 0. The quantitative estimate of drug-likeness (QED) is 0.358. The zero-order valence-corrected chi connectivity index (χ0v) is 14.6. The molecule has 0 N–H and O–H groups in total. The van der Waals surface area contributed by atoms with Crippen molar-refractivity contribution < 1.29 is 14.3 Å². The van der Waals surface area contributed by atoms with Crippen molar-refractivity contribution in [2.24, 2.45) is 0 Å². The summed E-state index contributed by atoms with van der Waals surface area (Å²) in [5.41, 5.74) is 2.18. The molecule has 5 nitrogen and oxygen atoms in total. The number of carbonyl (C=O) groups is 1. The summed E-state index contributed by atoms with van der Waals surface area (Å²) in [7, 11) is 0. The fourth-order valence-electron chi connectivity index (χ4n) is 2.91. The van der Waals surface area contributed by atoms with Crippen molar-refractivity contribution in [3.05, 3.63) is 60.3 Å². The lowest BCUT2D eigenvalue weighted by Gasteiger charge is -2.04. The van der Waals surface area contributed by atoms with E-state index in [2.05, 4.69) is 13.0 Å². The number of hydrogen-bond acceptors (Lipinski definition) is 4. The van der Waals surface area contributed by atoms with Crippen LogP contribution in [-0.4, -0.2) is 23.6 Å². The number of ether oxygens (including phenoxy) is 2. The highest BCUT2D eigenvalue weighted by Gasteiger charge is 2.19. The Hall–Kier alpha value is -3.26. The Morgan fingerprint density at radius 2 is 2.12 bits per heavy atom. The smallest absolute Gasteiger partial charge is 0.340 e. The molecule has 5 heteroatoms. The van der Waals surface area contributed by atoms with E-state index in [1.54, 1.807) is 6.07 Å². The highest BCUT2D eigenvalue weighted by atomic mass is 16.5. The van der Waals surface area contributed by atoms with E-state index in [9.17, 15) is 4.79 Å². The number of nitrogens with zero attached hydrogens (tertiary/aromatic N) is 2. The van der Waals surface area contributed by atoms with E-state index in [0.29, 0.717) is 24.3 Å². The number of pyridine rings is 1. The summed E-state index contributed by atoms with van der Waals surface area (Å²) in [6.07, 6.45) is 7.64. The van der Waals surface area contributed by atoms with Crippen molar-refractivity contribution in [1.82, 2.24) is 4.40 Å². The van der Waals surface area contributed by atoms with Gasteiger partial charge in [0.25, 0.3) is 0 Å². The van der Waals surface area contributed by atoms with Crippen molar-refractivity contribution in [3.63, 3.8) is 0 Å². The molecule has 0 aliphatic rings. The molecular weight excluding hydrogens is 328 g/mol. The Kier molecular flexibility index (Phi) is 5.55. The summed E-state index contributed by atoms with van der Waals surface area (Å²) in [6, 6.07) is 13.1. The van der Waals surface area contributed by atoms with Crippen molar-refractivity contribution in [2.45, 2.75) is 19.8 Å². The van der Waals surface area contributed by atoms with Gasteiger partial charge in [0, 0.05) is 17.6 Å². The lowest BCUT2D eigenvalue weighted by Crippen LogP contribution is -2.06. The second-order valence-corrected chi connectivity index (χ2v) is 5.76. The van der Waals surface area contributed by atoms with Gasteiger partial charge in [-0.1, -0.05) is 25.1 Å². The van der Waals surface area contributed by atoms with E-state index >= 15 is 0 Å². The van der Waals surface area contributed by atoms with Crippen LogP contribution in [-0.2, 0) is 4.74 Å². The maximum Gasteiger partial charge on any atom is 0.340 e. The molecule has 0 saturated heterocycles. The summed E-state index contributed by atoms with van der Waals surface area (Å²) in [5, 5.41) is 9.48. The number of benzene rings is 1. The summed E-state index contributed by atoms with van der Waals surface area (Å²) in [6.45, 7) is 2.40. The minimum Gasteiger partial charge on any atom is -0.479 e. The lowest BCUT2D eigenvalue weighted by molar-refractivity contribution is 0.0516. The third-order valence-corrected chi connectivity index (χ3v) is 4.04. The average molecular weight is 348 g/mol. The molecule has 2 aromatic heterocycles. The molecule has 3 rings (SSSR count). The molecule has 3 aromatic rings. The van der Waals surface area contributed by atoms with Crippen LogP contribution in [0, 0.1) is 11.3 Å². The monoisotopic (exact) mass is 348 g/mol. The van der Waals surface area contributed by atoms with Gasteiger partial charge in [-0.15, -0.1) is 0 Å². The van der Waals surface area contributed by atoms with Gasteiger partial charge in [0.05, 0.1) is 23.2 Å². The minimum absolute atomic E-state index is 0.0189. The van der Waals surface area contributed by atoms with Gasteiger partial charge in [-0.3, -0.25) is 0 Å². The number of nitriles is 1. The van der Waals surface area contributed by atoms with Crippen LogP contribution < -0.4 is 4.74 Å². The number of hydrogen-bond donors (Lipinski definition) is 0. The van der Waals surface area contributed by atoms with Crippen molar-refractivity contribution in [3.8, 4) is 11.8 Å². The number of allylic oxidation sites excluding steroid dienone is 1. The molecular formula is C21H20N2O3. The number of rotatable bonds is 7. The van der Waals surface area contributed by atoms with Crippen LogP contribution in [0.5, 0.6) is 5.75 Å². The first-order valence-corrected chi connectivity index (χ1v) is 8.61. The van der Waals surface area contributed by atoms with Gasteiger partial charge >= 0.3 is 5.97 Å². The number of aromatic nitrogens is 1. The van der Waals surface area contributed by atoms with Crippen LogP contribution in [0.4, 0.5) is 0 Å². The standard InChI is InChI=1S/C21H20N2O3/c1-2-3-4-7-13-26-21(24)20-17-10-9-16(25-14-11-22)15-19(17)23-12-6-5-8-18(20)23/h3-6,8-10,12,15H,2,7,13-14H2,1H3/b4-3-. The third kappa shape index (κ3) is 3.55. The first-order chi connectivity index (χ1) is 12.8. The van der Waals surface area contributed by atoms with Crippen LogP contribution >= 0.6 is 0 Å². The van der Waals surface area contributed by atoms with Gasteiger partial charge in [0.15, 0.2) is 6.61 Å².